The van der Waals surface area contributed by atoms with Crippen LogP contribution in [0.2, 0.25) is 0 Å². The normalized spacial score (nSPS) is 9.53. The van der Waals surface area contributed by atoms with Gasteiger partial charge in [-0.2, -0.15) is 4.73 Å². The number of carbonyl (C=O) groups excluding carboxylic acids is 1. The molecule has 0 amide bonds. The molecule has 0 radical (unpaired) electrons. The minimum atomic E-state index is -0.107. The van der Waals surface area contributed by atoms with E-state index in [0.717, 1.165) is 0 Å². The molecule has 0 saturated heterocycles. The van der Waals surface area contributed by atoms with E-state index in [1.807, 2.05) is 0 Å². The fraction of sp³-hybridized carbons (Fsp3) is 0.143. The summed E-state index contributed by atoms with van der Waals surface area (Å²) in [5, 5.41) is 11.4. The third-order valence-electron chi connectivity index (χ3n) is 2.64. The number of carbonyl (C=O) groups is 1. The number of rotatable bonds is 4. The van der Waals surface area contributed by atoms with Gasteiger partial charge in [-0.1, -0.05) is 12.1 Å². The maximum atomic E-state index is 12.0. The highest BCUT2D eigenvalue weighted by Gasteiger charge is 2.13. The van der Waals surface area contributed by atoms with Crippen molar-refractivity contribution in [2.24, 2.45) is 0 Å². The summed E-state index contributed by atoms with van der Waals surface area (Å²) in [7, 11) is 1.55. The van der Waals surface area contributed by atoms with Gasteiger partial charge >= 0.3 is 0 Å². The second-order valence-corrected chi connectivity index (χ2v) is 3.85. The molecule has 4 nitrogen and oxygen atoms in total. The molecule has 19 heavy (non-hydrogen) atoms. The Labute approximate surface area is 122 Å². The lowest BCUT2D eigenvalue weighted by molar-refractivity contribution is -0.613. The molecule has 0 aliphatic heterocycles. The second kappa shape index (κ2) is 6.89. The lowest BCUT2D eigenvalue weighted by Crippen LogP contribution is -2.32. The fourth-order valence-corrected chi connectivity index (χ4v) is 1.66. The number of Topliss-reactive ketones (excluding diaryl/α,β-unsaturated/α-hetero) is 1. The molecule has 0 saturated carbocycles. The molecule has 2 rings (SSSR count). The summed E-state index contributed by atoms with van der Waals surface area (Å²) in [5.41, 5.74) is 0.975. The van der Waals surface area contributed by atoms with Gasteiger partial charge in [0.2, 0.25) is 5.69 Å². The van der Waals surface area contributed by atoms with Crippen LogP contribution in [0, 0.1) is 5.21 Å². The molecule has 0 aliphatic rings. The molecule has 0 aliphatic carbocycles. The molecular weight excluding hydrogens is 310 g/mol. The number of pyridine rings is 1. The standard InChI is InChI=1S/C14H13NO3.BrH/c1-18-13-7-4-5-11(9-13)14(16)10-12-6-2-3-8-15(12)17;/h2-9H,10H2,1H3;1H. The third-order valence-corrected chi connectivity index (χ3v) is 2.64. The number of ether oxygens (including phenoxy) is 1. The van der Waals surface area contributed by atoms with E-state index < -0.39 is 0 Å². The van der Waals surface area contributed by atoms with Gasteiger partial charge in [0.15, 0.2) is 12.0 Å². The number of hydrogen-bond acceptors (Lipinski definition) is 3. The number of hydrogen-bond donors (Lipinski definition) is 0. The van der Waals surface area contributed by atoms with Crippen molar-refractivity contribution in [1.82, 2.24) is 0 Å². The fourth-order valence-electron chi connectivity index (χ4n) is 1.66. The first-order valence-corrected chi connectivity index (χ1v) is 5.55. The zero-order valence-electron chi connectivity index (χ0n) is 10.4. The van der Waals surface area contributed by atoms with Gasteiger partial charge < -0.3 is 9.94 Å². The zero-order chi connectivity index (χ0) is 13.0. The van der Waals surface area contributed by atoms with Crippen LogP contribution in [0.5, 0.6) is 5.75 Å². The molecule has 0 spiro atoms. The van der Waals surface area contributed by atoms with E-state index in [4.69, 9.17) is 4.74 Å². The lowest BCUT2D eigenvalue weighted by atomic mass is 10.1. The minimum absolute atomic E-state index is 0. The van der Waals surface area contributed by atoms with Crippen LogP contribution in [0.25, 0.3) is 0 Å². The third kappa shape index (κ3) is 3.79. The van der Waals surface area contributed by atoms with Crippen molar-refractivity contribution >= 4 is 22.8 Å². The SMILES string of the molecule is Br.COc1cccc(C(=O)Cc2cccc[n+]2[O-])c1. The minimum Gasteiger partial charge on any atom is -0.618 e. The molecule has 0 fully saturated rings. The van der Waals surface area contributed by atoms with E-state index in [-0.39, 0.29) is 29.2 Å². The Kier molecular flexibility index (Phi) is 5.51. The molecule has 0 N–H and O–H groups in total. The van der Waals surface area contributed by atoms with Crippen molar-refractivity contribution in [2.75, 3.05) is 7.11 Å². The molecule has 100 valence electrons. The van der Waals surface area contributed by atoms with Crippen LogP contribution in [-0.4, -0.2) is 12.9 Å². The average molecular weight is 324 g/mol. The Morgan fingerprint density at radius 2 is 2.05 bits per heavy atom. The molecule has 1 aromatic carbocycles. The molecule has 5 heteroatoms. The summed E-state index contributed by atoms with van der Waals surface area (Å²) >= 11 is 0. The van der Waals surface area contributed by atoms with Gasteiger partial charge in [0, 0.05) is 17.7 Å². The van der Waals surface area contributed by atoms with Crippen LogP contribution >= 0.6 is 17.0 Å². The van der Waals surface area contributed by atoms with E-state index in [1.165, 1.54) is 6.20 Å². The van der Waals surface area contributed by atoms with Crippen molar-refractivity contribution in [3.63, 3.8) is 0 Å². The highest BCUT2D eigenvalue weighted by atomic mass is 79.9. The van der Waals surface area contributed by atoms with Gasteiger partial charge in [-0.05, 0) is 18.2 Å². The van der Waals surface area contributed by atoms with Gasteiger partial charge in [-0.25, -0.2) is 0 Å². The van der Waals surface area contributed by atoms with Crippen molar-refractivity contribution in [2.45, 2.75) is 6.42 Å². The van der Waals surface area contributed by atoms with Crippen LogP contribution in [-0.2, 0) is 6.42 Å². The van der Waals surface area contributed by atoms with Crippen molar-refractivity contribution < 1.29 is 14.3 Å². The molecule has 1 heterocycles. The quantitative estimate of drug-likeness (QED) is 0.493. The number of benzene rings is 1. The summed E-state index contributed by atoms with van der Waals surface area (Å²) in [5.74, 6) is 0.522. The first-order chi connectivity index (χ1) is 8.70. The predicted molar refractivity (Wildman–Crippen MR) is 76.8 cm³/mol. The zero-order valence-corrected chi connectivity index (χ0v) is 12.1. The van der Waals surface area contributed by atoms with Gasteiger partial charge in [-0.15, -0.1) is 17.0 Å². The first kappa shape index (κ1) is 15.2. The van der Waals surface area contributed by atoms with E-state index in [9.17, 15) is 10.0 Å². The van der Waals surface area contributed by atoms with Crippen LogP contribution < -0.4 is 9.47 Å². The Balaban J connectivity index is 0.00000180. The molecule has 0 atom stereocenters. The topological polar surface area (TPSA) is 53.2 Å². The maximum Gasteiger partial charge on any atom is 0.200 e. The average Bonchev–Trinajstić information content (AvgIpc) is 2.41. The van der Waals surface area contributed by atoms with Gasteiger partial charge in [0.1, 0.15) is 5.75 Å². The van der Waals surface area contributed by atoms with Gasteiger partial charge in [0.05, 0.1) is 13.5 Å². The van der Waals surface area contributed by atoms with E-state index in [2.05, 4.69) is 0 Å². The number of nitrogens with zero attached hydrogens (tertiary/aromatic N) is 1. The summed E-state index contributed by atoms with van der Waals surface area (Å²) in [6.07, 6.45) is 1.46. The van der Waals surface area contributed by atoms with E-state index in [0.29, 0.717) is 21.7 Å². The van der Waals surface area contributed by atoms with Crippen LogP contribution in [0.3, 0.4) is 0 Å². The Morgan fingerprint density at radius 1 is 1.26 bits per heavy atom. The van der Waals surface area contributed by atoms with E-state index >= 15 is 0 Å². The number of methoxy groups -OCH3 is 1. The van der Waals surface area contributed by atoms with Gasteiger partial charge in [0.25, 0.3) is 0 Å². The summed E-state index contributed by atoms with van der Waals surface area (Å²) in [6.45, 7) is 0. The summed E-state index contributed by atoms with van der Waals surface area (Å²) in [6, 6.07) is 11.9. The Morgan fingerprint density at radius 3 is 2.74 bits per heavy atom. The largest absolute Gasteiger partial charge is 0.618 e. The summed E-state index contributed by atoms with van der Waals surface area (Å²) < 4.78 is 5.77. The van der Waals surface area contributed by atoms with Crippen LogP contribution in [0.1, 0.15) is 16.1 Å². The lowest BCUT2D eigenvalue weighted by Gasteiger charge is -2.05. The van der Waals surface area contributed by atoms with Crippen molar-refractivity contribution in [3.05, 3.63) is 65.1 Å². The second-order valence-electron chi connectivity index (χ2n) is 3.85. The monoisotopic (exact) mass is 323 g/mol. The Hall–Kier alpha value is -1.88. The van der Waals surface area contributed by atoms with Gasteiger partial charge in [-0.3, -0.25) is 4.79 Å². The Bertz CT molecular complexity index is 572. The highest BCUT2D eigenvalue weighted by molar-refractivity contribution is 8.93. The van der Waals surface area contributed by atoms with Crippen LogP contribution in [0.15, 0.2) is 48.7 Å². The molecule has 0 bridgehead atoms. The van der Waals surface area contributed by atoms with Crippen LogP contribution in [0.4, 0.5) is 0 Å². The molecular formula is C14H14BrNO3. The van der Waals surface area contributed by atoms with Crippen molar-refractivity contribution in [3.8, 4) is 5.75 Å². The molecule has 0 unspecified atom stereocenters. The molecule has 1 aromatic heterocycles. The number of ketones is 1. The number of aromatic nitrogens is 1. The maximum absolute atomic E-state index is 12.0. The highest BCUT2D eigenvalue weighted by Crippen LogP contribution is 2.14. The number of halogens is 1. The first-order valence-electron chi connectivity index (χ1n) is 5.55. The predicted octanol–water partition coefficient (Wildman–Crippen LogP) is 2.33. The smallest absolute Gasteiger partial charge is 0.200 e. The summed E-state index contributed by atoms with van der Waals surface area (Å²) in [4.78, 5) is 12.0. The van der Waals surface area contributed by atoms with Crippen molar-refractivity contribution in [1.29, 1.82) is 0 Å². The van der Waals surface area contributed by atoms with E-state index in [1.54, 1.807) is 49.6 Å². The molecule has 2 aromatic rings.